The average Bonchev–Trinajstić information content (AvgIpc) is 3.67. The van der Waals surface area contributed by atoms with Crippen molar-refractivity contribution in [2.24, 2.45) is 16.2 Å². The van der Waals surface area contributed by atoms with Crippen LogP contribution in [0.1, 0.15) is 105 Å². The van der Waals surface area contributed by atoms with Crippen molar-refractivity contribution in [3.63, 3.8) is 0 Å². The molecule has 4 N–H and O–H groups in total. The molecule has 8 rings (SSSR count). The highest BCUT2D eigenvalue weighted by atomic mass is 79.9. The molecule has 3 saturated heterocycles. The van der Waals surface area contributed by atoms with Crippen molar-refractivity contribution in [3.05, 3.63) is 79.6 Å². The molecule has 0 spiro atoms. The van der Waals surface area contributed by atoms with E-state index >= 15 is 0 Å². The lowest BCUT2D eigenvalue weighted by Gasteiger charge is -2.30. The number of carbonyl (C=O) groups excluding carboxylic acids is 1. The third-order valence-electron chi connectivity index (χ3n) is 11.5. The van der Waals surface area contributed by atoms with E-state index in [2.05, 4.69) is 160 Å². The lowest BCUT2D eigenvalue weighted by Crippen LogP contribution is -2.38. The molecule has 4 aromatic rings. The molecule has 0 amide bonds. The van der Waals surface area contributed by atoms with Gasteiger partial charge in [0.25, 0.3) is 0 Å². The van der Waals surface area contributed by atoms with E-state index in [-0.39, 0.29) is 12.4 Å². The number of ketones is 1. The summed E-state index contributed by atoms with van der Waals surface area (Å²) in [6.07, 6.45) is 6.32. The SMILES string of the molecule is CC(C)N1CCC(=NO)CC1.CC(C)N1CCC(=NOc2cccc(Br)n2)CC1.CC(C)N1CCC(=O)CC1.CC(C)N1CCc2oc3nc(Br)ccc3c2C1.Cl.Fc1cccc(Br)n1.NO. The molecule has 0 unspecified atom stereocenters. The van der Waals surface area contributed by atoms with E-state index in [1.807, 2.05) is 18.2 Å². The number of furan rings is 1. The Bertz CT molecular complexity index is 2080. The van der Waals surface area contributed by atoms with Gasteiger partial charge in [-0.3, -0.25) is 9.69 Å². The summed E-state index contributed by atoms with van der Waals surface area (Å²) in [5.74, 6) is 5.11. The summed E-state index contributed by atoms with van der Waals surface area (Å²) in [7, 11) is 0. The topological polar surface area (TPSA) is 182 Å². The Morgan fingerprint density at radius 3 is 1.57 bits per heavy atom. The van der Waals surface area contributed by atoms with Crippen LogP contribution in [0, 0.1) is 5.95 Å². The molecular formula is C47H71Br3ClFN10O5. The quantitative estimate of drug-likeness (QED) is 0.0943. The molecule has 0 bridgehead atoms. The van der Waals surface area contributed by atoms with E-state index < -0.39 is 5.95 Å². The highest BCUT2D eigenvalue weighted by molar-refractivity contribution is 9.11. The summed E-state index contributed by atoms with van der Waals surface area (Å²) in [6, 6.07) is 16.6. The number of piperidine rings is 3. The van der Waals surface area contributed by atoms with Crippen molar-refractivity contribution in [1.82, 2.24) is 34.6 Å². The summed E-state index contributed by atoms with van der Waals surface area (Å²) in [5, 5.41) is 23.6. The fraction of sp³-hybridized carbons (Fsp3) is 0.574. The zero-order chi connectivity index (χ0) is 48.8. The van der Waals surface area contributed by atoms with Gasteiger partial charge >= 0.3 is 0 Å². The Kier molecular flexibility index (Phi) is 28.7. The van der Waals surface area contributed by atoms with Gasteiger partial charge in [-0.2, -0.15) is 4.39 Å². The minimum absolute atomic E-state index is 0. The van der Waals surface area contributed by atoms with E-state index in [1.165, 1.54) is 11.6 Å². The summed E-state index contributed by atoms with van der Waals surface area (Å²) in [4.78, 5) is 37.8. The molecule has 67 heavy (non-hydrogen) atoms. The van der Waals surface area contributed by atoms with Crippen molar-refractivity contribution in [3.8, 4) is 5.88 Å². The lowest BCUT2D eigenvalue weighted by molar-refractivity contribution is -0.121. The predicted octanol–water partition coefficient (Wildman–Crippen LogP) is 10.6. The van der Waals surface area contributed by atoms with Gasteiger partial charge in [0, 0.05) is 138 Å². The molecule has 15 nitrogen and oxygen atoms in total. The number of nitrogens with zero attached hydrogens (tertiary/aromatic N) is 9. The molecule has 4 aromatic heterocycles. The van der Waals surface area contributed by atoms with E-state index in [9.17, 15) is 9.18 Å². The molecule has 0 aromatic carbocycles. The van der Waals surface area contributed by atoms with Gasteiger partial charge in [0.15, 0.2) is 0 Å². The molecule has 0 saturated carbocycles. The van der Waals surface area contributed by atoms with Gasteiger partial charge in [0.1, 0.15) is 25.4 Å². The van der Waals surface area contributed by atoms with Crippen molar-refractivity contribution in [2.75, 3.05) is 45.8 Å². The first-order chi connectivity index (χ1) is 31.5. The van der Waals surface area contributed by atoms with Crippen molar-refractivity contribution >= 4 is 88.5 Å². The van der Waals surface area contributed by atoms with Gasteiger partial charge in [-0.05, 0) is 134 Å². The number of carbonyl (C=O) groups is 1. The third-order valence-corrected chi connectivity index (χ3v) is 12.8. The van der Waals surface area contributed by atoms with Crippen molar-refractivity contribution in [1.29, 1.82) is 0 Å². The van der Waals surface area contributed by atoms with Gasteiger partial charge < -0.3 is 34.4 Å². The highest BCUT2D eigenvalue weighted by Gasteiger charge is 2.25. The number of rotatable bonds is 6. The first-order valence-electron chi connectivity index (χ1n) is 22.7. The number of nitrogens with two attached hydrogens (primary N) is 1. The number of pyridine rings is 3. The van der Waals surface area contributed by atoms with Gasteiger partial charge in [0.05, 0.1) is 11.4 Å². The number of hydrogen-bond donors (Lipinski definition) is 3. The molecule has 20 heteroatoms. The van der Waals surface area contributed by atoms with Gasteiger partial charge in [-0.15, -0.1) is 12.4 Å². The molecule has 0 radical (unpaired) electrons. The van der Waals surface area contributed by atoms with E-state index in [0.717, 1.165) is 135 Å². The average molecular weight is 1150 g/mol. The number of Topliss-reactive ketones (excluding diaryl/α,β-unsaturated/α-hetero) is 1. The molecule has 0 atom stereocenters. The van der Waals surface area contributed by atoms with Crippen LogP contribution in [0.15, 0.2) is 77.1 Å². The van der Waals surface area contributed by atoms with Crippen LogP contribution in [0.5, 0.6) is 5.88 Å². The Hall–Kier alpha value is -2.98. The monoisotopic (exact) mass is 1150 g/mol. The summed E-state index contributed by atoms with van der Waals surface area (Å²) >= 11 is 9.70. The smallest absolute Gasteiger partial charge is 0.249 e. The van der Waals surface area contributed by atoms with Crippen LogP contribution in [0.3, 0.4) is 0 Å². The van der Waals surface area contributed by atoms with Gasteiger partial charge in [0.2, 0.25) is 17.5 Å². The predicted molar refractivity (Wildman–Crippen MR) is 278 cm³/mol. The van der Waals surface area contributed by atoms with Crippen LogP contribution >= 0.6 is 60.2 Å². The van der Waals surface area contributed by atoms with Crippen LogP contribution in [-0.4, -0.2) is 132 Å². The fourth-order valence-electron chi connectivity index (χ4n) is 7.41. The van der Waals surface area contributed by atoms with Crippen LogP contribution in [0.2, 0.25) is 0 Å². The molecule has 4 aliphatic rings. The fourth-order valence-corrected chi connectivity index (χ4v) is 8.35. The number of likely N-dealkylation sites (tertiary alicyclic amines) is 3. The second kappa shape index (κ2) is 32.0. The number of aromatic nitrogens is 3. The highest BCUT2D eigenvalue weighted by Crippen LogP contribution is 2.31. The minimum atomic E-state index is -0.459. The molecule has 3 fully saturated rings. The third kappa shape index (κ3) is 21.7. The first kappa shape index (κ1) is 60.1. The van der Waals surface area contributed by atoms with Gasteiger partial charge in [-0.25, -0.2) is 20.8 Å². The Balaban J connectivity index is 0.000000293. The maximum atomic E-state index is 12.0. The van der Waals surface area contributed by atoms with Crippen LogP contribution < -0.4 is 10.7 Å². The number of hydrogen-bond acceptors (Lipinski definition) is 15. The standard InChI is InChI=1S/C13H18BrN3O.C13H15BrN2O.C8H16N2O.C8H15NO.C5H3BrFN.ClH.H3NO/c1-10(2)17-8-6-11(7-9-17)16-18-13-5-3-4-12(14)15-13;1-8(2)16-6-5-11-10(7-16)9-3-4-12(14)15-13(9)17-11;1-7(2)10-5-3-8(9-11)4-6-10;1-7(2)9-5-3-8(10)4-6-9;6-4-2-1-3-5(7)8-4;;1-2/h3-5,10H,6-9H2,1-2H3;3-4,8H,5-7H2,1-2H3;7,11H,3-6H2,1-2H3;7H,3-6H2,1-2H3;1-3H;1H;2H,1H2. The van der Waals surface area contributed by atoms with Crippen LogP contribution in [0.4, 0.5) is 4.39 Å². The molecular weight excluding hydrogens is 1080 g/mol. The Morgan fingerprint density at radius 1 is 0.642 bits per heavy atom. The lowest BCUT2D eigenvalue weighted by atomic mass is 10.0. The molecule has 8 heterocycles. The van der Waals surface area contributed by atoms with Gasteiger partial charge in [-0.1, -0.05) is 22.4 Å². The zero-order valence-electron chi connectivity index (χ0n) is 40.2. The van der Waals surface area contributed by atoms with Crippen molar-refractivity contribution in [2.45, 2.75) is 131 Å². The zero-order valence-corrected chi connectivity index (χ0v) is 45.8. The molecule has 4 aliphatic heterocycles. The molecule has 0 aliphatic carbocycles. The number of oxime groups is 2. The maximum Gasteiger partial charge on any atom is 0.249 e. The first-order valence-corrected chi connectivity index (χ1v) is 25.0. The second-order valence-electron chi connectivity index (χ2n) is 17.2. The second-order valence-corrected chi connectivity index (χ2v) is 19.7. The van der Waals surface area contributed by atoms with E-state index in [4.69, 9.17) is 19.7 Å². The maximum absolute atomic E-state index is 12.0. The van der Waals surface area contributed by atoms with Crippen LogP contribution in [-0.2, 0) is 17.8 Å². The van der Waals surface area contributed by atoms with Crippen molar-refractivity contribution < 1.29 is 28.9 Å². The summed E-state index contributed by atoms with van der Waals surface area (Å²) < 4.78 is 20.0. The van der Waals surface area contributed by atoms with E-state index in [0.29, 0.717) is 40.4 Å². The van der Waals surface area contributed by atoms with E-state index in [1.54, 1.807) is 18.2 Å². The largest absolute Gasteiger partial charge is 0.442 e. The Labute approximate surface area is 427 Å². The Morgan fingerprint density at radius 2 is 1.10 bits per heavy atom. The number of halogens is 5. The number of fused-ring (bicyclic) bond motifs is 3. The molecule has 374 valence electrons. The normalized spacial score (nSPS) is 16.7. The minimum Gasteiger partial charge on any atom is -0.442 e. The van der Waals surface area contributed by atoms with Crippen LogP contribution in [0.25, 0.3) is 11.1 Å². The summed E-state index contributed by atoms with van der Waals surface area (Å²) in [6.45, 7) is 25.9. The summed E-state index contributed by atoms with van der Waals surface area (Å²) in [5.41, 5.74) is 4.14.